The molecule has 0 amide bonds. The molecule has 1 N–H and O–H groups in total. The molecule has 0 spiro atoms. The number of methoxy groups -OCH3 is 1. The Kier molecular flexibility index (Phi) is 3.94. The number of nitrogens with zero attached hydrogens (tertiary/aromatic N) is 4. The lowest BCUT2D eigenvalue weighted by atomic mass is 10.1. The number of rotatable bonds is 5. The van der Waals surface area contributed by atoms with Crippen LogP contribution in [0, 0.1) is 0 Å². The fourth-order valence-corrected chi connectivity index (χ4v) is 2.57. The minimum atomic E-state index is -0.718. The van der Waals surface area contributed by atoms with Crippen molar-refractivity contribution in [3.63, 3.8) is 0 Å². The Bertz CT molecular complexity index is 711. The average Bonchev–Trinajstić information content (AvgIpc) is 3.18. The molecule has 0 fully saturated rings. The van der Waals surface area contributed by atoms with E-state index in [2.05, 4.69) is 15.4 Å². The van der Waals surface area contributed by atoms with E-state index in [1.54, 1.807) is 24.5 Å². The number of aliphatic hydroxyl groups excluding tert-OH is 1. The molecular weight excluding hydrogens is 288 g/mol. The molecule has 108 valence electrons. The number of aliphatic hydroxyl groups is 1. The molecule has 0 saturated heterocycles. The van der Waals surface area contributed by atoms with Crippen LogP contribution in [0.5, 0.6) is 5.75 Å². The first kappa shape index (κ1) is 13.7. The normalized spacial score (nSPS) is 12.3. The highest BCUT2D eigenvalue weighted by Gasteiger charge is 2.13. The van der Waals surface area contributed by atoms with Gasteiger partial charge in [-0.15, -0.1) is 10.2 Å². The van der Waals surface area contributed by atoms with Gasteiger partial charge in [-0.3, -0.25) is 0 Å². The van der Waals surface area contributed by atoms with Crippen molar-refractivity contribution in [1.82, 2.24) is 20.2 Å². The predicted molar refractivity (Wildman–Crippen MR) is 79.1 cm³/mol. The van der Waals surface area contributed by atoms with Gasteiger partial charge in [0, 0.05) is 10.9 Å². The molecule has 0 radical (unpaired) electrons. The maximum absolute atomic E-state index is 10.3. The molecule has 0 aliphatic heterocycles. The molecule has 2 aromatic heterocycles. The van der Waals surface area contributed by atoms with Gasteiger partial charge in [-0.2, -0.15) is 16.1 Å². The number of ether oxygens (including phenoxy) is 1. The maximum atomic E-state index is 10.3. The van der Waals surface area contributed by atoms with Gasteiger partial charge in [-0.05, 0) is 34.4 Å². The second kappa shape index (κ2) is 6.02. The molecular formula is C14H14N4O2S. The predicted octanol–water partition coefficient (Wildman–Crippen LogP) is 2.14. The SMILES string of the molecule is COc1cccc(C(O)Cn2nnc(-c3ccsc3)n2)c1. The van der Waals surface area contributed by atoms with E-state index >= 15 is 0 Å². The maximum Gasteiger partial charge on any atom is 0.205 e. The molecule has 1 atom stereocenters. The first-order valence-corrected chi connectivity index (χ1v) is 7.33. The van der Waals surface area contributed by atoms with Crippen LogP contribution in [-0.2, 0) is 6.54 Å². The van der Waals surface area contributed by atoms with Crippen LogP contribution in [0.15, 0.2) is 41.1 Å². The van der Waals surface area contributed by atoms with Gasteiger partial charge in [0.05, 0.1) is 13.7 Å². The highest BCUT2D eigenvalue weighted by atomic mass is 32.1. The van der Waals surface area contributed by atoms with Crippen molar-refractivity contribution >= 4 is 11.3 Å². The molecule has 1 aromatic carbocycles. The molecule has 6 nitrogen and oxygen atoms in total. The Morgan fingerprint density at radius 2 is 2.29 bits per heavy atom. The molecule has 0 aliphatic carbocycles. The number of hydrogen-bond acceptors (Lipinski definition) is 6. The highest BCUT2D eigenvalue weighted by molar-refractivity contribution is 7.08. The molecule has 7 heteroatoms. The smallest absolute Gasteiger partial charge is 0.205 e. The van der Waals surface area contributed by atoms with E-state index in [4.69, 9.17) is 4.74 Å². The Morgan fingerprint density at radius 3 is 3.05 bits per heavy atom. The number of tetrazole rings is 1. The molecule has 3 aromatic rings. The summed E-state index contributed by atoms with van der Waals surface area (Å²) in [5.74, 6) is 1.27. The van der Waals surface area contributed by atoms with Crippen molar-refractivity contribution in [2.45, 2.75) is 12.6 Å². The quantitative estimate of drug-likeness (QED) is 0.781. The van der Waals surface area contributed by atoms with Crippen LogP contribution in [-0.4, -0.2) is 32.4 Å². The van der Waals surface area contributed by atoms with Gasteiger partial charge >= 0.3 is 0 Å². The third-order valence-corrected chi connectivity index (χ3v) is 3.73. The summed E-state index contributed by atoms with van der Waals surface area (Å²) >= 11 is 1.58. The summed E-state index contributed by atoms with van der Waals surface area (Å²) in [6.07, 6.45) is -0.718. The summed E-state index contributed by atoms with van der Waals surface area (Å²) in [5.41, 5.74) is 1.69. The van der Waals surface area contributed by atoms with Crippen molar-refractivity contribution in [2.24, 2.45) is 0 Å². The number of thiophene rings is 1. The second-order valence-electron chi connectivity index (χ2n) is 4.47. The minimum absolute atomic E-state index is 0.240. The van der Waals surface area contributed by atoms with Gasteiger partial charge in [0.25, 0.3) is 0 Å². The van der Waals surface area contributed by atoms with E-state index in [0.29, 0.717) is 11.6 Å². The van der Waals surface area contributed by atoms with E-state index < -0.39 is 6.10 Å². The largest absolute Gasteiger partial charge is 0.497 e. The highest BCUT2D eigenvalue weighted by Crippen LogP contribution is 2.21. The molecule has 3 rings (SSSR count). The Morgan fingerprint density at radius 1 is 1.38 bits per heavy atom. The summed E-state index contributed by atoms with van der Waals surface area (Å²) in [6.45, 7) is 0.240. The fourth-order valence-electron chi connectivity index (χ4n) is 1.94. The van der Waals surface area contributed by atoms with E-state index in [9.17, 15) is 5.11 Å². The topological polar surface area (TPSA) is 73.1 Å². The summed E-state index contributed by atoms with van der Waals surface area (Å²) in [5, 5.41) is 26.4. The van der Waals surface area contributed by atoms with Crippen molar-refractivity contribution in [3.8, 4) is 17.1 Å². The van der Waals surface area contributed by atoms with Gasteiger partial charge in [-0.1, -0.05) is 12.1 Å². The van der Waals surface area contributed by atoms with Crippen LogP contribution in [0.25, 0.3) is 11.4 Å². The van der Waals surface area contributed by atoms with Crippen LogP contribution < -0.4 is 4.74 Å². The number of benzene rings is 1. The second-order valence-corrected chi connectivity index (χ2v) is 5.25. The molecule has 21 heavy (non-hydrogen) atoms. The summed E-state index contributed by atoms with van der Waals surface area (Å²) in [4.78, 5) is 1.40. The van der Waals surface area contributed by atoms with E-state index in [-0.39, 0.29) is 6.54 Å². The lowest BCUT2D eigenvalue weighted by molar-refractivity contribution is 0.144. The van der Waals surface area contributed by atoms with Crippen molar-refractivity contribution < 1.29 is 9.84 Å². The third-order valence-electron chi connectivity index (χ3n) is 3.05. The van der Waals surface area contributed by atoms with Crippen LogP contribution in [0.3, 0.4) is 0 Å². The van der Waals surface area contributed by atoms with Gasteiger partial charge in [0.2, 0.25) is 5.82 Å². The van der Waals surface area contributed by atoms with Crippen LogP contribution in [0.1, 0.15) is 11.7 Å². The van der Waals surface area contributed by atoms with Gasteiger partial charge in [-0.25, -0.2) is 0 Å². The Labute approximate surface area is 125 Å². The van der Waals surface area contributed by atoms with Crippen molar-refractivity contribution in [3.05, 3.63) is 46.7 Å². The lowest BCUT2D eigenvalue weighted by Crippen LogP contribution is -2.11. The summed E-state index contributed by atoms with van der Waals surface area (Å²) in [6, 6.07) is 9.23. The van der Waals surface area contributed by atoms with Gasteiger partial charge in [0.1, 0.15) is 11.9 Å². The molecule has 1 unspecified atom stereocenters. The molecule has 0 saturated carbocycles. The van der Waals surface area contributed by atoms with E-state index in [1.807, 2.05) is 35.0 Å². The summed E-state index contributed by atoms with van der Waals surface area (Å²) in [7, 11) is 1.59. The van der Waals surface area contributed by atoms with Crippen LogP contribution in [0.2, 0.25) is 0 Å². The zero-order valence-corrected chi connectivity index (χ0v) is 12.2. The van der Waals surface area contributed by atoms with E-state index in [1.165, 1.54) is 4.80 Å². The molecule has 2 heterocycles. The van der Waals surface area contributed by atoms with Gasteiger partial charge in [0.15, 0.2) is 0 Å². The molecule has 0 aliphatic rings. The monoisotopic (exact) mass is 302 g/mol. The van der Waals surface area contributed by atoms with Crippen LogP contribution in [0.4, 0.5) is 0 Å². The third kappa shape index (κ3) is 3.09. The standard InChI is InChI=1S/C14H14N4O2S/c1-20-12-4-2-3-10(7-12)13(19)8-18-16-14(15-17-18)11-5-6-21-9-11/h2-7,9,13,19H,8H2,1H3. The van der Waals surface area contributed by atoms with Crippen LogP contribution >= 0.6 is 11.3 Å². The Balaban J connectivity index is 1.74. The zero-order valence-electron chi connectivity index (χ0n) is 11.4. The van der Waals surface area contributed by atoms with Crippen molar-refractivity contribution in [1.29, 1.82) is 0 Å². The van der Waals surface area contributed by atoms with Crippen molar-refractivity contribution in [2.75, 3.05) is 7.11 Å². The van der Waals surface area contributed by atoms with Gasteiger partial charge < -0.3 is 9.84 Å². The first-order chi connectivity index (χ1) is 10.3. The van der Waals surface area contributed by atoms with E-state index in [0.717, 1.165) is 11.1 Å². The number of hydrogen-bond donors (Lipinski definition) is 1. The first-order valence-electron chi connectivity index (χ1n) is 6.38. The average molecular weight is 302 g/mol. The Hall–Kier alpha value is -2.25. The molecule has 0 bridgehead atoms. The minimum Gasteiger partial charge on any atom is -0.497 e. The number of aromatic nitrogens is 4. The fraction of sp³-hybridized carbons (Fsp3) is 0.214. The summed E-state index contributed by atoms with van der Waals surface area (Å²) < 4.78 is 5.15. The lowest BCUT2D eigenvalue weighted by Gasteiger charge is -2.10. The zero-order chi connectivity index (χ0) is 14.7.